The number of carbonyl (C=O) groups is 1. The highest BCUT2D eigenvalue weighted by Crippen LogP contribution is 2.32. The van der Waals surface area contributed by atoms with Crippen LogP contribution in [-0.2, 0) is 4.79 Å². The normalized spacial score (nSPS) is 14.2. The highest BCUT2D eigenvalue weighted by atomic mass is 35.5. The number of carbonyl (C=O) groups excluding carboxylic acids is 1. The molecule has 0 aliphatic carbocycles. The van der Waals surface area contributed by atoms with Crippen molar-refractivity contribution in [3.8, 4) is 17.4 Å². The molecule has 1 saturated heterocycles. The first-order valence-electron chi connectivity index (χ1n) is 10.5. The number of anilines is 2. The van der Waals surface area contributed by atoms with Gasteiger partial charge in [0.2, 0.25) is 5.91 Å². The van der Waals surface area contributed by atoms with Crippen LogP contribution in [0.4, 0.5) is 11.5 Å². The lowest BCUT2D eigenvalue weighted by atomic mass is 9.95. The number of aromatic nitrogens is 2. The molecular weight excluding hydrogens is 428 g/mol. The molecule has 1 aliphatic rings. The third-order valence-electron chi connectivity index (χ3n) is 5.59. The van der Waals surface area contributed by atoms with E-state index in [1.807, 2.05) is 43.3 Å². The van der Waals surface area contributed by atoms with Gasteiger partial charge in [0.05, 0.1) is 7.11 Å². The quantitative estimate of drug-likeness (QED) is 0.561. The maximum atomic E-state index is 12.8. The average molecular weight is 453 g/mol. The highest BCUT2D eigenvalue weighted by Gasteiger charge is 2.28. The lowest BCUT2D eigenvalue weighted by Gasteiger charge is -2.32. The van der Waals surface area contributed by atoms with Crippen molar-refractivity contribution in [3.63, 3.8) is 0 Å². The van der Waals surface area contributed by atoms with E-state index in [4.69, 9.17) is 21.1 Å². The standard InChI is InChI=1S/C24H25ClN4O3/c1-16-20(25)7-4-8-21(16)28-23(30)17-9-13-29(14-10-17)22-24(27-12-11-26-22)32-19-6-3-5-18(15-19)31-2/h3-8,11-12,15,17H,9-10,13-14H2,1-2H3,(H,28,30). The van der Waals surface area contributed by atoms with Gasteiger partial charge in [-0.3, -0.25) is 4.79 Å². The number of rotatable bonds is 6. The number of amides is 1. The second-order valence-electron chi connectivity index (χ2n) is 7.63. The summed E-state index contributed by atoms with van der Waals surface area (Å²) in [4.78, 5) is 23.8. The van der Waals surface area contributed by atoms with Crippen molar-refractivity contribution in [2.24, 2.45) is 5.92 Å². The minimum Gasteiger partial charge on any atom is -0.497 e. The van der Waals surface area contributed by atoms with Crippen molar-refractivity contribution in [3.05, 3.63) is 65.4 Å². The molecular formula is C24H25ClN4O3. The minimum absolute atomic E-state index is 0.0158. The van der Waals surface area contributed by atoms with Crippen LogP contribution in [0.3, 0.4) is 0 Å². The van der Waals surface area contributed by atoms with Gasteiger partial charge < -0.3 is 19.7 Å². The van der Waals surface area contributed by atoms with Crippen LogP contribution in [0, 0.1) is 12.8 Å². The molecule has 0 radical (unpaired) electrons. The van der Waals surface area contributed by atoms with Gasteiger partial charge in [-0.15, -0.1) is 0 Å². The van der Waals surface area contributed by atoms with E-state index >= 15 is 0 Å². The molecule has 0 saturated carbocycles. The van der Waals surface area contributed by atoms with Crippen molar-refractivity contribution in [1.29, 1.82) is 0 Å². The van der Waals surface area contributed by atoms with Gasteiger partial charge in [0.25, 0.3) is 5.88 Å². The van der Waals surface area contributed by atoms with E-state index in [-0.39, 0.29) is 11.8 Å². The third-order valence-corrected chi connectivity index (χ3v) is 6.00. The molecule has 1 aliphatic heterocycles. The fourth-order valence-electron chi connectivity index (χ4n) is 3.71. The Morgan fingerprint density at radius 3 is 2.59 bits per heavy atom. The van der Waals surface area contributed by atoms with E-state index in [9.17, 15) is 4.79 Å². The number of ether oxygens (including phenoxy) is 2. The maximum absolute atomic E-state index is 12.8. The molecule has 8 heteroatoms. The van der Waals surface area contributed by atoms with E-state index in [0.29, 0.717) is 54.2 Å². The second-order valence-corrected chi connectivity index (χ2v) is 8.04. The summed E-state index contributed by atoms with van der Waals surface area (Å²) in [5.74, 6) is 2.36. The summed E-state index contributed by atoms with van der Waals surface area (Å²) in [6, 6.07) is 12.9. The summed E-state index contributed by atoms with van der Waals surface area (Å²) < 4.78 is 11.3. The van der Waals surface area contributed by atoms with Crippen LogP contribution < -0.4 is 19.7 Å². The molecule has 7 nitrogen and oxygen atoms in total. The molecule has 32 heavy (non-hydrogen) atoms. The highest BCUT2D eigenvalue weighted by molar-refractivity contribution is 6.31. The molecule has 2 heterocycles. The molecule has 1 aromatic heterocycles. The second kappa shape index (κ2) is 9.87. The Morgan fingerprint density at radius 1 is 1.09 bits per heavy atom. The van der Waals surface area contributed by atoms with Crippen LogP contribution >= 0.6 is 11.6 Å². The van der Waals surface area contributed by atoms with Crippen molar-refractivity contribution in [2.75, 3.05) is 30.4 Å². The molecule has 1 amide bonds. The Labute approximate surface area is 192 Å². The Balaban J connectivity index is 1.41. The summed E-state index contributed by atoms with van der Waals surface area (Å²) in [6.45, 7) is 3.26. The van der Waals surface area contributed by atoms with Crippen molar-refractivity contribution in [1.82, 2.24) is 9.97 Å². The van der Waals surface area contributed by atoms with Gasteiger partial charge in [-0.25, -0.2) is 9.97 Å². The number of hydrogen-bond acceptors (Lipinski definition) is 6. The predicted molar refractivity (Wildman–Crippen MR) is 125 cm³/mol. The largest absolute Gasteiger partial charge is 0.497 e. The van der Waals surface area contributed by atoms with Gasteiger partial charge in [-0.05, 0) is 49.6 Å². The van der Waals surface area contributed by atoms with Crippen molar-refractivity contribution in [2.45, 2.75) is 19.8 Å². The third kappa shape index (κ3) is 4.94. The van der Waals surface area contributed by atoms with Crippen LogP contribution in [0.25, 0.3) is 0 Å². The van der Waals surface area contributed by atoms with E-state index in [1.54, 1.807) is 25.6 Å². The maximum Gasteiger partial charge on any atom is 0.263 e. The van der Waals surface area contributed by atoms with Crippen LogP contribution in [0.1, 0.15) is 18.4 Å². The van der Waals surface area contributed by atoms with Gasteiger partial charge in [-0.2, -0.15) is 0 Å². The number of nitrogens with zero attached hydrogens (tertiary/aromatic N) is 3. The van der Waals surface area contributed by atoms with Gasteiger partial charge in [0.1, 0.15) is 11.5 Å². The topological polar surface area (TPSA) is 76.6 Å². The SMILES string of the molecule is COc1cccc(Oc2nccnc2N2CCC(C(=O)Nc3cccc(Cl)c3C)CC2)c1. The molecule has 0 unspecified atom stereocenters. The Bertz CT molecular complexity index is 1100. The lowest BCUT2D eigenvalue weighted by molar-refractivity contribution is -0.120. The van der Waals surface area contributed by atoms with Crippen LogP contribution in [0.2, 0.25) is 5.02 Å². The fourth-order valence-corrected chi connectivity index (χ4v) is 3.89. The minimum atomic E-state index is -0.0796. The first-order valence-corrected chi connectivity index (χ1v) is 10.9. The molecule has 2 aromatic carbocycles. The van der Waals surface area contributed by atoms with Crippen LogP contribution in [0.5, 0.6) is 17.4 Å². The van der Waals surface area contributed by atoms with Gasteiger partial charge in [0.15, 0.2) is 5.82 Å². The molecule has 0 spiro atoms. The Morgan fingerprint density at radius 2 is 1.81 bits per heavy atom. The van der Waals surface area contributed by atoms with Crippen molar-refractivity contribution < 1.29 is 14.3 Å². The fraction of sp³-hybridized carbons (Fsp3) is 0.292. The molecule has 1 fully saturated rings. The number of benzene rings is 2. The lowest BCUT2D eigenvalue weighted by Crippen LogP contribution is -2.38. The number of methoxy groups -OCH3 is 1. The number of nitrogens with one attached hydrogen (secondary N) is 1. The number of hydrogen-bond donors (Lipinski definition) is 1. The molecule has 3 aromatic rings. The first-order chi connectivity index (χ1) is 15.5. The Kier molecular flexibility index (Phi) is 6.75. The zero-order valence-corrected chi connectivity index (χ0v) is 18.8. The van der Waals surface area contributed by atoms with E-state index in [1.165, 1.54) is 0 Å². The molecule has 0 atom stereocenters. The summed E-state index contributed by atoms with van der Waals surface area (Å²) in [5, 5.41) is 3.67. The van der Waals surface area contributed by atoms with Gasteiger partial charge in [0, 0.05) is 48.2 Å². The zero-order chi connectivity index (χ0) is 22.5. The molecule has 166 valence electrons. The zero-order valence-electron chi connectivity index (χ0n) is 18.0. The first kappa shape index (κ1) is 21.9. The summed E-state index contributed by atoms with van der Waals surface area (Å²) in [6.07, 6.45) is 4.67. The average Bonchev–Trinajstić information content (AvgIpc) is 2.82. The molecule has 1 N–H and O–H groups in total. The van der Waals surface area contributed by atoms with Gasteiger partial charge in [-0.1, -0.05) is 23.7 Å². The van der Waals surface area contributed by atoms with Gasteiger partial charge >= 0.3 is 0 Å². The predicted octanol–water partition coefficient (Wildman–Crippen LogP) is 5.09. The summed E-state index contributed by atoms with van der Waals surface area (Å²) >= 11 is 6.17. The summed E-state index contributed by atoms with van der Waals surface area (Å²) in [7, 11) is 1.61. The summed E-state index contributed by atoms with van der Waals surface area (Å²) in [5.41, 5.74) is 1.63. The van der Waals surface area contributed by atoms with E-state index < -0.39 is 0 Å². The van der Waals surface area contributed by atoms with E-state index in [0.717, 1.165) is 11.3 Å². The van der Waals surface area contributed by atoms with Crippen LogP contribution in [-0.4, -0.2) is 36.1 Å². The Hall–Kier alpha value is -3.32. The van der Waals surface area contributed by atoms with Crippen LogP contribution in [0.15, 0.2) is 54.9 Å². The number of halogens is 1. The smallest absolute Gasteiger partial charge is 0.263 e. The number of piperidine rings is 1. The molecule has 0 bridgehead atoms. The van der Waals surface area contributed by atoms with Crippen molar-refractivity contribution >= 4 is 29.0 Å². The molecule has 4 rings (SSSR count). The van der Waals surface area contributed by atoms with E-state index in [2.05, 4.69) is 20.2 Å². The monoisotopic (exact) mass is 452 g/mol.